The zero-order chi connectivity index (χ0) is 25.1. The highest BCUT2D eigenvalue weighted by molar-refractivity contribution is 6.04. The minimum Gasteiger partial charge on any atom is -0.507 e. The summed E-state index contributed by atoms with van der Waals surface area (Å²) in [6.45, 7) is 2.46. The van der Waals surface area contributed by atoms with Crippen LogP contribution in [-0.4, -0.2) is 26.8 Å². The molecule has 3 aromatic carbocycles. The third-order valence-electron chi connectivity index (χ3n) is 6.37. The molecule has 0 spiro atoms. The molecule has 1 aliphatic carbocycles. The van der Waals surface area contributed by atoms with Gasteiger partial charge in [-0.3, -0.25) is 4.79 Å². The Labute approximate surface area is 209 Å². The summed E-state index contributed by atoms with van der Waals surface area (Å²) in [4.78, 5) is 25.7. The topological polar surface area (TPSA) is 96.2 Å². The predicted molar refractivity (Wildman–Crippen MR) is 139 cm³/mol. The molecule has 182 valence electrons. The fourth-order valence-electron chi connectivity index (χ4n) is 4.12. The Kier molecular flexibility index (Phi) is 6.54. The number of hydrogen-bond acceptors (Lipinski definition) is 4. The number of phenolic OH excluding ortho intramolecular Hbond substituents is 1. The first-order chi connectivity index (χ1) is 17.5. The van der Waals surface area contributed by atoms with E-state index in [1.807, 2.05) is 48.5 Å². The summed E-state index contributed by atoms with van der Waals surface area (Å²) in [6, 6.07) is 23.5. The fraction of sp³-hybridized carbons (Fsp3) is 0.207. The van der Waals surface area contributed by atoms with E-state index in [9.17, 15) is 14.7 Å². The molecule has 1 saturated carbocycles. The number of carbonyl (C=O) groups excluding carboxylic acids is 2. The van der Waals surface area contributed by atoms with Gasteiger partial charge in [0.25, 0.3) is 5.91 Å². The first-order valence-corrected chi connectivity index (χ1v) is 12.2. The molecule has 3 N–H and O–H groups in total. The monoisotopic (exact) mass is 480 g/mol. The van der Waals surface area contributed by atoms with Crippen LogP contribution < -0.4 is 10.6 Å². The predicted octanol–water partition coefficient (Wildman–Crippen LogP) is 5.71. The van der Waals surface area contributed by atoms with Gasteiger partial charge in [0.15, 0.2) is 0 Å². The minimum atomic E-state index is -0.313. The Hall–Kier alpha value is -4.39. The summed E-state index contributed by atoms with van der Waals surface area (Å²) in [5.74, 6) is 0.0561. The van der Waals surface area contributed by atoms with Crippen LogP contribution in [-0.2, 0) is 13.0 Å². The first-order valence-electron chi connectivity index (χ1n) is 12.2. The summed E-state index contributed by atoms with van der Waals surface area (Å²) in [6.07, 6.45) is 2.90. The highest BCUT2D eigenvalue weighted by Gasteiger charge is 2.30. The van der Waals surface area contributed by atoms with Crippen LogP contribution in [0, 0.1) is 0 Å². The Bertz CT molecular complexity index is 1390. The van der Waals surface area contributed by atoms with Gasteiger partial charge in [-0.25, -0.2) is 4.79 Å². The number of aryl methyl sites for hydroxylation is 1. The molecule has 0 radical (unpaired) electrons. The molecule has 0 aliphatic heterocycles. The van der Waals surface area contributed by atoms with Crippen LogP contribution >= 0.6 is 0 Å². The molecule has 0 atom stereocenters. The number of carbonyl (C=O) groups is 2. The van der Waals surface area contributed by atoms with Gasteiger partial charge in [0, 0.05) is 29.3 Å². The van der Waals surface area contributed by atoms with Gasteiger partial charge >= 0.3 is 6.03 Å². The fourth-order valence-corrected chi connectivity index (χ4v) is 4.12. The van der Waals surface area contributed by atoms with Gasteiger partial charge in [-0.2, -0.15) is 9.78 Å². The summed E-state index contributed by atoms with van der Waals surface area (Å²) < 4.78 is 1.40. The lowest BCUT2D eigenvalue weighted by atomic mass is 10.1. The van der Waals surface area contributed by atoms with E-state index >= 15 is 0 Å². The van der Waals surface area contributed by atoms with E-state index in [1.54, 1.807) is 24.3 Å². The molecule has 7 nitrogen and oxygen atoms in total. The van der Waals surface area contributed by atoms with Gasteiger partial charge in [0.2, 0.25) is 0 Å². The SMILES string of the molecule is CCc1ccc(C(=O)Nc2ccc(O)c(-c3cc(C4CC4)n(C(=O)NCc4ccccc4)n3)c2)cc1. The molecule has 2 amide bonds. The zero-order valence-electron chi connectivity index (χ0n) is 20.1. The Morgan fingerprint density at radius 1 is 0.972 bits per heavy atom. The normalized spacial score (nSPS) is 12.8. The third-order valence-corrected chi connectivity index (χ3v) is 6.37. The number of anilines is 1. The lowest BCUT2D eigenvalue weighted by molar-refractivity contribution is 0.102. The highest BCUT2D eigenvalue weighted by atomic mass is 16.3. The second-order valence-electron chi connectivity index (χ2n) is 9.02. The van der Waals surface area contributed by atoms with E-state index < -0.39 is 0 Å². The van der Waals surface area contributed by atoms with Crippen molar-refractivity contribution in [2.75, 3.05) is 5.32 Å². The smallest absolute Gasteiger partial charge is 0.342 e. The molecule has 7 heteroatoms. The van der Waals surface area contributed by atoms with Crippen LogP contribution in [0.5, 0.6) is 5.75 Å². The first kappa shape index (κ1) is 23.4. The van der Waals surface area contributed by atoms with Crippen molar-refractivity contribution in [3.63, 3.8) is 0 Å². The van der Waals surface area contributed by atoms with Gasteiger partial charge < -0.3 is 15.7 Å². The maximum atomic E-state index is 13.0. The number of aromatic nitrogens is 2. The van der Waals surface area contributed by atoms with Crippen molar-refractivity contribution in [2.45, 2.75) is 38.6 Å². The number of nitrogens with one attached hydrogen (secondary N) is 2. The number of aromatic hydroxyl groups is 1. The largest absolute Gasteiger partial charge is 0.507 e. The number of benzene rings is 3. The molecule has 0 saturated heterocycles. The van der Waals surface area contributed by atoms with Crippen molar-refractivity contribution >= 4 is 17.6 Å². The molecule has 36 heavy (non-hydrogen) atoms. The number of phenols is 1. The van der Waals surface area contributed by atoms with Crippen molar-refractivity contribution in [2.24, 2.45) is 0 Å². The lowest BCUT2D eigenvalue weighted by Gasteiger charge is -2.09. The Morgan fingerprint density at radius 3 is 2.42 bits per heavy atom. The van der Waals surface area contributed by atoms with E-state index in [2.05, 4.69) is 22.7 Å². The standard InChI is InChI=1S/C29H28N4O3/c1-2-19-8-10-22(11-9-19)28(35)31-23-14-15-27(34)24(16-23)25-17-26(21-12-13-21)33(32-25)29(36)30-18-20-6-4-3-5-7-20/h3-11,14-17,21,34H,2,12-13,18H2,1H3,(H,30,36)(H,31,35). The second kappa shape index (κ2) is 10.1. The molecule has 0 unspecified atom stereocenters. The molecule has 1 fully saturated rings. The van der Waals surface area contributed by atoms with Crippen LogP contribution in [0.15, 0.2) is 78.9 Å². The summed E-state index contributed by atoms with van der Waals surface area (Å²) in [5, 5.41) is 20.9. The van der Waals surface area contributed by atoms with E-state index in [-0.39, 0.29) is 23.6 Å². The Balaban J connectivity index is 1.37. The van der Waals surface area contributed by atoms with Gasteiger partial charge in [0.05, 0.1) is 11.4 Å². The number of nitrogens with zero attached hydrogens (tertiary/aromatic N) is 2. The van der Waals surface area contributed by atoms with Crippen LogP contribution in [0.2, 0.25) is 0 Å². The maximum Gasteiger partial charge on any atom is 0.342 e. The number of rotatable bonds is 7. The third kappa shape index (κ3) is 5.15. The maximum absolute atomic E-state index is 13.0. The minimum absolute atomic E-state index is 0.0250. The summed E-state index contributed by atoms with van der Waals surface area (Å²) in [5.41, 5.74) is 4.99. The van der Waals surface area contributed by atoms with Crippen molar-refractivity contribution in [3.8, 4) is 17.0 Å². The molecule has 1 aromatic heterocycles. The molecule has 0 bridgehead atoms. The van der Waals surface area contributed by atoms with Crippen molar-refractivity contribution < 1.29 is 14.7 Å². The molecular formula is C29H28N4O3. The summed E-state index contributed by atoms with van der Waals surface area (Å²) >= 11 is 0. The second-order valence-corrected chi connectivity index (χ2v) is 9.02. The van der Waals surface area contributed by atoms with E-state index in [1.165, 1.54) is 10.7 Å². The average molecular weight is 481 g/mol. The molecule has 4 aromatic rings. The zero-order valence-corrected chi connectivity index (χ0v) is 20.1. The van der Waals surface area contributed by atoms with Gasteiger partial charge in [-0.15, -0.1) is 0 Å². The van der Waals surface area contributed by atoms with Crippen LogP contribution in [0.4, 0.5) is 10.5 Å². The number of amides is 2. The van der Waals surface area contributed by atoms with E-state index in [4.69, 9.17) is 0 Å². The van der Waals surface area contributed by atoms with Crippen LogP contribution in [0.3, 0.4) is 0 Å². The summed E-state index contributed by atoms with van der Waals surface area (Å²) in [7, 11) is 0. The van der Waals surface area contributed by atoms with Crippen LogP contribution in [0.1, 0.15) is 52.9 Å². The van der Waals surface area contributed by atoms with Crippen molar-refractivity contribution in [1.29, 1.82) is 0 Å². The molecular weight excluding hydrogens is 452 g/mol. The molecule has 1 heterocycles. The van der Waals surface area contributed by atoms with Gasteiger partial charge in [-0.1, -0.05) is 49.4 Å². The molecule has 5 rings (SSSR count). The highest BCUT2D eigenvalue weighted by Crippen LogP contribution is 2.42. The van der Waals surface area contributed by atoms with Gasteiger partial charge in [0.1, 0.15) is 5.75 Å². The van der Waals surface area contributed by atoms with Crippen molar-refractivity contribution in [3.05, 3.63) is 101 Å². The Morgan fingerprint density at radius 2 is 1.72 bits per heavy atom. The van der Waals surface area contributed by atoms with Crippen molar-refractivity contribution in [1.82, 2.24) is 15.1 Å². The van der Waals surface area contributed by atoms with E-state index in [0.717, 1.165) is 36.1 Å². The lowest BCUT2D eigenvalue weighted by Crippen LogP contribution is -2.30. The average Bonchev–Trinajstić information content (AvgIpc) is 3.67. The molecule has 1 aliphatic rings. The van der Waals surface area contributed by atoms with Gasteiger partial charge in [-0.05, 0) is 66.8 Å². The number of hydrogen-bond donors (Lipinski definition) is 3. The quantitative estimate of drug-likeness (QED) is 0.295. The van der Waals surface area contributed by atoms with Crippen LogP contribution in [0.25, 0.3) is 11.3 Å². The van der Waals surface area contributed by atoms with E-state index in [0.29, 0.717) is 29.1 Å².